The highest BCUT2D eigenvalue weighted by atomic mass is 31.2. The highest BCUT2D eigenvalue weighted by Crippen LogP contribution is 2.43. The first-order valence-corrected chi connectivity index (χ1v) is 25.0. The van der Waals surface area contributed by atoms with Crippen LogP contribution in [0.3, 0.4) is 0 Å². The molecule has 57 heavy (non-hydrogen) atoms. The first-order valence-electron chi connectivity index (χ1n) is 23.5. The summed E-state index contributed by atoms with van der Waals surface area (Å²) in [7, 11) is -4.38. The van der Waals surface area contributed by atoms with Crippen LogP contribution in [-0.4, -0.2) is 49.3 Å². The van der Waals surface area contributed by atoms with Gasteiger partial charge in [-0.2, -0.15) is 0 Å². The van der Waals surface area contributed by atoms with E-state index in [0.717, 1.165) is 64.2 Å². The molecule has 0 amide bonds. The fraction of sp³-hybridized carbons (Fsp3) is 0.830. The number of carbonyl (C=O) groups is 2. The molecule has 0 aromatic rings. The number of phosphoric ester groups is 1. The molecule has 3 N–H and O–H groups in total. The van der Waals surface area contributed by atoms with Gasteiger partial charge < -0.3 is 20.1 Å². The molecular weight excluding hydrogens is 737 g/mol. The molecule has 0 aliphatic rings. The summed E-state index contributed by atoms with van der Waals surface area (Å²) in [6.07, 6.45) is 48.8. The van der Waals surface area contributed by atoms with E-state index in [4.69, 9.17) is 24.3 Å². The Labute approximate surface area is 350 Å². The number of carbonyl (C=O) groups excluding carboxylic acids is 2. The second-order valence-corrected chi connectivity index (χ2v) is 17.1. The van der Waals surface area contributed by atoms with Gasteiger partial charge in [0, 0.05) is 19.4 Å². The van der Waals surface area contributed by atoms with Gasteiger partial charge in [0.05, 0.1) is 13.2 Å². The van der Waals surface area contributed by atoms with Crippen molar-refractivity contribution in [2.24, 2.45) is 5.73 Å². The van der Waals surface area contributed by atoms with Crippen LogP contribution >= 0.6 is 7.82 Å². The van der Waals surface area contributed by atoms with E-state index in [1.165, 1.54) is 122 Å². The van der Waals surface area contributed by atoms with Crippen molar-refractivity contribution >= 4 is 19.8 Å². The molecule has 0 heterocycles. The molecule has 0 fully saturated rings. The van der Waals surface area contributed by atoms with Crippen LogP contribution < -0.4 is 5.73 Å². The minimum absolute atomic E-state index is 0.0521. The predicted octanol–water partition coefficient (Wildman–Crippen LogP) is 13.7. The standard InChI is InChI=1S/C47H88NO8P/c1-3-5-7-9-11-13-15-17-19-21-22-24-26-28-30-32-34-36-38-40-47(50)56-45(44-55-57(51,52)54-42-41-48)43-53-46(49)39-37-35-33-31-29-27-25-23-20-18-16-14-12-10-8-6-4-2/h11,13,17-20,45H,3-10,12,14-16,21-44,48H2,1-2H3,(H,51,52)/t45-/m1/s1. The van der Waals surface area contributed by atoms with Crippen molar-refractivity contribution in [3.63, 3.8) is 0 Å². The first kappa shape index (κ1) is 55.2. The van der Waals surface area contributed by atoms with Crippen molar-refractivity contribution < 1.29 is 37.6 Å². The lowest BCUT2D eigenvalue weighted by Crippen LogP contribution is -2.29. The van der Waals surface area contributed by atoms with E-state index >= 15 is 0 Å². The summed E-state index contributed by atoms with van der Waals surface area (Å²) in [4.78, 5) is 35.0. The lowest BCUT2D eigenvalue weighted by molar-refractivity contribution is -0.161. The van der Waals surface area contributed by atoms with Crippen LogP contribution in [0.5, 0.6) is 0 Å². The predicted molar refractivity (Wildman–Crippen MR) is 238 cm³/mol. The molecule has 2 atom stereocenters. The quantitative estimate of drug-likeness (QED) is 0.0266. The first-order chi connectivity index (χ1) is 27.8. The number of nitrogens with two attached hydrogens (primary N) is 1. The molecule has 0 aromatic heterocycles. The largest absolute Gasteiger partial charge is 0.472 e. The van der Waals surface area contributed by atoms with E-state index in [1.54, 1.807) is 0 Å². The molecule has 9 nitrogen and oxygen atoms in total. The molecule has 0 saturated heterocycles. The van der Waals surface area contributed by atoms with Gasteiger partial charge in [-0.25, -0.2) is 4.57 Å². The number of ether oxygens (including phenoxy) is 2. The molecule has 0 bridgehead atoms. The highest BCUT2D eigenvalue weighted by molar-refractivity contribution is 7.47. The number of hydrogen-bond donors (Lipinski definition) is 2. The van der Waals surface area contributed by atoms with Crippen LogP contribution in [0, 0.1) is 0 Å². The number of phosphoric acid groups is 1. The van der Waals surface area contributed by atoms with E-state index in [0.29, 0.717) is 6.42 Å². The van der Waals surface area contributed by atoms with E-state index < -0.39 is 26.5 Å². The zero-order valence-corrected chi connectivity index (χ0v) is 37.7. The lowest BCUT2D eigenvalue weighted by Gasteiger charge is -2.19. The summed E-state index contributed by atoms with van der Waals surface area (Å²) in [6, 6.07) is 0. The minimum atomic E-state index is -4.38. The van der Waals surface area contributed by atoms with Gasteiger partial charge in [-0.3, -0.25) is 18.6 Å². The normalized spacial score (nSPS) is 13.5. The van der Waals surface area contributed by atoms with Crippen molar-refractivity contribution in [2.45, 2.75) is 225 Å². The van der Waals surface area contributed by atoms with Gasteiger partial charge in [0.25, 0.3) is 0 Å². The van der Waals surface area contributed by atoms with Crippen LogP contribution in [0.2, 0.25) is 0 Å². The summed E-state index contributed by atoms with van der Waals surface area (Å²) in [5, 5.41) is 0. The van der Waals surface area contributed by atoms with E-state index in [9.17, 15) is 19.0 Å². The Bertz CT molecular complexity index is 1030. The molecule has 0 aromatic carbocycles. The molecule has 0 rings (SSSR count). The van der Waals surface area contributed by atoms with E-state index in [1.807, 2.05) is 0 Å². The maximum absolute atomic E-state index is 12.6. The van der Waals surface area contributed by atoms with E-state index in [2.05, 4.69) is 50.3 Å². The molecule has 0 spiro atoms. The zero-order chi connectivity index (χ0) is 41.8. The number of esters is 2. The van der Waals surface area contributed by atoms with Gasteiger partial charge in [-0.05, 0) is 70.6 Å². The van der Waals surface area contributed by atoms with Crippen LogP contribution in [0.1, 0.15) is 219 Å². The molecule has 0 saturated carbocycles. The van der Waals surface area contributed by atoms with Crippen molar-refractivity contribution in [1.82, 2.24) is 0 Å². The van der Waals surface area contributed by atoms with Crippen molar-refractivity contribution in [1.29, 1.82) is 0 Å². The maximum Gasteiger partial charge on any atom is 0.472 e. The Morgan fingerprint density at radius 1 is 0.526 bits per heavy atom. The minimum Gasteiger partial charge on any atom is -0.462 e. The maximum atomic E-state index is 12.6. The van der Waals surface area contributed by atoms with Gasteiger partial charge in [-0.1, -0.05) is 172 Å². The van der Waals surface area contributed by atoms with Gasteiger partial charge in [0.15, 0.2) is 6.10 Å². The second-order valence-electron chi connectivity index (χ2n) is 15.6. The third kappa shape index (κ3) is 43.6. The average molecular weight is 826 g/mol. The molecule has 0 aliphatic heterocycles. The summed E-state index contributed by atoms with van der Waals surface area (Å²) in [6.45, 7) is 3.71. The fourth-order valence-corrected chi connectivity index (χ4v) is 7.25. The summed E-state index contributed by atoms with van der Waals surface area (Å²) < 4.78 is 32.8. The van der Waals surface area contributed by atoms with Crippen LogP contribution in [0.15, 0.2) is 36.5 Å². The Balaban J connectivity index is 4.11. The SMILES string of the molecule is CCCCCC=CCC=CCCCCCCCCCCCC(=O)O[C@H](COC(=O)CCCCCCCCCC=CCCCCCCCC)COP(=O)(O)OCCN. The summed E-state index contributed by atoms with van der Waals surface area (Å²) in [5.41, 5.74) is 5.36. The van der Waals surface area contributed by atoms with Gasteiger partial charge in [0.2, 0.25) is 0 Å². The Kier molecular flexibility index (Phi) is 42.4. The fourth-order valence-electron chi connectivity index (χ4n) is 6.48. The van der Waals surface area contributed by atoms with Crippen LogP contribution in [0.25, 0.3) is 0 Å². The number of hydrogen-bond acceptors (Lipinski definition) is 8. The number of allylic oxidation sites excluding steroid dienone is 6. The second kappa shape index (κ2) is 43.8. The smallest absolute Gasteiger partial charge is 0.462 e. The molecule has 1 unspecified atom stereocenters. The van der Waals surface area contributed by atoms with Crippen LogP contribution in [0.4, 0.5) is 0 Å². The molecular formula is C47H88NO8P. The number of unbranched alkanes of at least 4 members (excludes halogenated alkanes) is 25. The van der Waals surface area contributed by atoms with Crippen LogP contribution in [-0.2, 0) is 32.7 Å². The summed E-state index contributed by atoms with van der Waals surface area (Å²) in [5.74, 6) is -0.833. The average Bonchev–Trinajstić information content (AvgIpc) is 3.20. The topological polar surface area (TPSA) is 134 Å². The van der Waals surface area contributed by atoms with Crippen molar-refractivity contribution in [3.05, 3.63) is 36.5 Å². The molecule has 0 radical (unpaired) electrons. The monoisotopic (exact) mass is 826 g/mol. The third-order valence-electron chi connectivity index (χ3n) is 10.00. The van der Waals surface area contributed by atoms with Crippen molar-refractivity contribution in [3.8, 4) is 0 Å². The molecule has 0 aliphatic carbocycles. The van der Waals surface area contributed by atoms with Gasteiger partial charge >= 0.3 is 19.8 Å². The Hall–Kier alpha value is -1.77. The zero-order valence-electron chi connectivity index (χ0n) is 36.8. The van der Waals surface area contributed by atoms with Gasteiger partial charge in [0.1, 0.15) is 6.61 Å². The molecule has 10 heteroatoms. The summed E-state index contributed by atoms with van der Waals surface area (Å²) >= 11 is 0. The molecule has 334 valence electrons. The Morgan fingerprint density at radius 2 is 0.912 bits per heavy atom. The number of rotatable bonds is 44. The van der Waals surface area contributed by atoms with E-state index in [-0.39, 0.29) is 38.6 Å². The third-order valence-corrected chi connectivity index (χ3v) is 11.0. The lowest BCUT2D eigenvalue weighted by atomic mass is 10.1. The highest BCUT2D eigenvalue weighted by Gasteiger charge is 2.26. The Morgan fingerprint density at radius 3 is 1.39 bits per heavy atom. The van der Waals surface area contributed by atoms with Crippen molar-refractivity contribution in [2.75, 3.05) is 26.4 Å². The van der Waals surface area contributed by atoms with Gasteiger partial charge in [-0.15, -0.1) is 0 Å².